The molecule has 0 aliphatic carbocycles. The molecule has 19 heavy (non-hydrogen) atoms. The Labute approximate surface area is 119 Å². The van der Waals surface area contributed by atoms with Gasteiger partial charge in [0, 0.05) is 28.6 Å². The number of aromatic nitrogens is 1. The third kappa shape index (κ3) is 3.54. The summed E-state index contributed by atoms with van der Waals surface area (Å²) in [5.74, 6) is -0.944. The predicted molar refractivity (Wildman–Crippen MR) is 77.4 cm³/mol. The van der Waals surface area contributed by atoms with E-state index in [0.717, 1.165) is 15.7 Å². The Balaban J connectivity index is 2.21. The molecule has 2 aromatic rings. The Morgan fingerprint density at radius 3 is 2.63 bits per heavy atom. The van der Waals surface area contributed by atoms with E-state index in [1.807, 2.05) is 25.1 Å². The van der Waals surface area contributed by atoms with Gasteiger partial charge in [-0.05, 0) is 42.8 Å². The summed E-state index contributed by atoms with van der Waals surface area (Å²) in [5.41, 5.74) is 2.10. The number of rotatable bonds is 4. The number of hydrogen-bond donors (Lipinski definition) is 2. The van der Waals surface area contributed by atoms with Crippen molar-refractivity contribution in [2.45, 2.75) is 13.0 Å². The molecule has 1 aromatic carbocycles. The second-order valence-corrected chi connectivity index (χ2v) is 5.10. The van der Waals surface area contributed by atoms with Crippen LogP contribution in [0.1, 0.15) is 28.9 Å². The molecule has 1 unspecified atom stereocenters. The van der Waals surface area contributed by atoms with Crippen molar-refractivity contribution in [1.82, 2.24) is 4.98 Å². The molecule has 0 bridgehead atoms. The summed E-state index contributed by atoms with van der Waals surface area (Å²) < 4.78 is 0.733. The van der Waals surface area contributed by atoms with Crippen molar-refractivity contribution in [2.75, 3.05) is 5.32 Å². The molecule has 0 saturated carbocycles. The molecule has 0 spiro atoms. The number of carboxylic acids is 1. The normalized spacial score (nSPS) is 11.9. The fraction of sp³-hybridized carbons (Fsp3) is 0.143. The molecule has 0 saturated heterocycles. The number of benzene rings is 1. The van der Waals surface area contributed by atoms with E-state index in [-0.39, 0.29) is 11.6 Å². The molecule has 1 atom stereocenters. The van der Waals surface area contributed by atoms with Crippen molar-refractivity contribution in [2.24, 2.45) is 0 Å². The minimum Gasteiger partial charge on any atom is -0.478 e. The monoisotopic (exact) mass is 320 g/mol. The van der Waals surface area contributed by atoms with Crippen molar-refractivity contribution >= 4 is 27.6 Å². The molecule has 1 heterocycles. The topological polar surface area (TPSA) is 62.2 Å². The Hall–Kier alpha value is -1.88. The maximum Gasteiger partial charge on any atom is 0.335 e. The molecule has 2 rings (SSSR count). The van der Waals surface area contributed by atoms with Gasteiger partial charge in [-0.15, -0.1) is 0 Å². The highest BCUT2D eigenvalue weighted by atomic mass is 79.9. The van der Waals surface area contributed by atoms with Gasteiger partial charge >= 0.3 is 5.97 Å². The largest absolute Gasteiger partial charge is 0.478 e. The smallest absolute Gasteiger partial charge is 0.335 e. The van der Waals surface area contributed by atoms with Gasteiger partial charge in [0.2, 0.25) is 0 Å². The van der Waals surface area contributed by atoms with Gasteiger partial charge in [-0.3, -0.25) is 4.98 Å². The third-order valence-electron chi connectivity index (χ3n) is 2.73. The molecule has 1 aromatic heterocycles. The Morgan fingerprint density at radius 2 is 2.00 bits per heavy atom. The first-order chi connectivity index (χ1) is 9.06. The highest BCUT2D eigenvalue weighted by molar-refractivity contribution is 9.10. The molecule has 4 nitrogen and oxygen atoms in total. The van der Waals surface area contributed by atoms with E-state index in [1.54, 1.807) is 24.5 Å². The van der Waals surface area contributed by atoms with E-state index in [0.29, 0.717) is 0 Å². The zero-order valence-electron chi connectivity index (χ0n) is 10.3. The number of pyridine rings is 1. The van der Waals surface area contributed by atoms with Crippen LogP contribution in [-0.2, 0) is 0 Å². The first kappa shape index (κ1) is 13.5. The summed E-state index contributed by atoms with van der Waals surface area (Å²) in [6, 6.07) is 8.96. The lowest BCUT2D eigenvalue weighted by Crippen LogP contribution is -2.07. The van der Waals surface area contributed by atoms with Gasteiger partial charge in [0.25, 0.3) is 0 Å². The van der Waals surface area contributed by atoms with Gasteiger partial charge in [-0.1, -0.05) is 15.9 Å². The van der Waals surface area contributed by atoms with E-state index in [1.165, 1.54) is 0 Å². The van der Waals surface area contributed by atoms with Crippen molar-refractivity contribution in [1.29, 1.82) is 0 Å². The van der Waals surface area contributed by atoms with Gasteiger partial charge in [0.15, 0.2) is 0 Å². The van der Waals surface area contributed by atoms with Crippen LogP contribution in [0, 0.1) is 0 Å². The van der Waals surface area contributed by atoms with Crippen LogP contribution >= 0.6 is 15.9 Å². The van der Waals surface area contributed by atoms with E-state index in [4.69, 9.17) is 5.11 Å². The molecule has 0 radical (unpaired) electrons. The zero-order chi connectivity index (χ0) is 13.8. The van der Waals surface area contributed by atoms with E-state index >= 15 is 0 Å². The number of anilines is 1. The summed E-state index contributed by atoms with van der Waals surface area (Å²) in [7, 11) is 0. The SMILES string of the molecule is CC(Nc1cc(Br)cc(C(=O)O)c1)c1ccncc1. The van der Waals surface area contributed by atoms with Crippen molar-refractivity contribution < 1.29 is 9.90 Å². The molecular formula is C14H13BrN2O2. The van der Waals surface area contributed by atoms with Crippen LogP contribution in [0.5, 0.6) is 0 Å². The van der Waals surface area contributed by atoms with Gasteiger partial charge in [0.05, 0.1) is 5.56 Å². The second-order valence-electron chi connectivity index (χ2n) is 4.18. The number of nitrogens with one attached hydrogen (secondary N) is 1. The minimum atomic E-state index is -0.944. The van der Waals surface area contributed by atoms with Crippen LogP contribution in [0.25, 0.3) is 0 Å². The fourth-order valence-corrected chi connectivity index (χ4v) is 2.28. The molecule has 0 aliphatic heterocycles. The van der Waals surface area contributed by atoms with Gasteiger partial charge < -0.3 is 10.4 Å². The molecule has 0 amide bonds. The second kappa shape index (κ2) is 5.84. The Kier molecular flexibility index (Phi) is 4.16. The number of halogens is 1. The average Bonchev–Trinajstić information content (AvgIpc) is 2.39. The summed E-state index contributed by atoms with van der Waals surface area (Å²) in [5, 5.41) is 12.3. The van der Waals surface area contributed by atoms with Crippen LogP contribution in [0.3, 0.4) is 0 Å². The van der Waals surface area contributed by atoms with Crippen LogP contribution in [0.15, 0.2) is 47.2 Å². The molecule has 2 N–H and O–H groups in total. The van der Waals surface area contributed by atoms with Crippen LogP contribution in [0.2, 0.25) is 0 Å². The summed E-state index contributed by atoms with van der Waals surface area (Å²) >= 11 is 3.31. The Morgan fingerprint density at radius 1 is 1.32 bits per heavy atom. The minimum absolute atomic E-state index is 0.0685. The standard InChI is InChI=1S/C14H13BrN2O2/c1-9(10-2-4-16-5-3-10)17-13-7-11(14(18)19)6-12(15)8-13/h2-9,17H,1H3,(H,18,19). The molecule has 98 valence electrons. The van der Waals surface area contributed by atoms with Crippen LogP contribution in [-0.4, -0.2) is 16.1 Å². The highest BCUT2D eigenvalue weighted by Crippen LogP contribution is 2.23. The lowest BCUT2D eigenvalue weighted by molar-refractivity contribution is 0.0697. The van der Waals surface area contributed by atoms with E-state index in [2.05, 4.69) is 26.2 Å². The number of carboxylic acid groups (broad SMARTS) is 1. The zero-order valence-corrected chi connectivity index (χ0v) is 11.9. The highest BCUT2D eigenvalue weighted by Gasteiger charge is 2.09. The number of carbonyl (C=O) groups is 1. The van der Waals surface area contributed by atoms with Crippen LogP contribution < -0.4 is 5.32 Å². The molecular weight excluding hydrogens is 308 g/mol. The first-order valence-corrected chi connectivity index (χ1v) is 6.56. The average molecular weight is 321 g/mol. The maximum atomic E-state index is 11.0. The predicted octanol–water partition coefficient (Wildman–Crippen LogP) is 3.72. The van der Waals surface area contributed by atoms with Crippen molar-refractivity contribution in [3.63, 3.8) is 0 Å². The number of aromatic carboxylic acids is 1. The number of hydrogen-bond acceptors (Lipinski definition) is 3. The number of nitrogens with zero attached hydrogens (tertiary/aromatic N) is 1. The van der Waals surface area contributed by atoms with Crippen molar-refractivity contribution in [3.8, 4) is 0 Å². The lowest BCUT2D eigenvalue weighted by atomic mass is 10.1. The summed E-state index contributed by atoms with van der Waals surface area (Å²) in [6.45, 7) is 2.01. The van der Waals surface area contributed by atoms with Gasteiger partial charge in [0.1, 0.15) is 0 Å². The van der Waals surface area contributed by atoms with Gasteiger partial charge in [-0.25, -0.2) is 4.79 Å². The Bertz CT molecular complexity index is 587. The fourth-order valence-electron chi connectivity index (χ4n) is 1.78. The quantitative estimate of drug-likeness (QED) is 0.901. The summed E-state index contributed by atoms with van der Waals surface area (Å²) in [4.78, 5) is 15.0. The molecule has 5 heteroatoms. The van der Waals surface area contributed by atoms with E-state index < -0.39 is 5.97 Å². The van der Waals surface area contributed by atoms with Gasteiger partial charge in [-0.2, -0.15) is 0 Å². The molecule has 0 aliphatic rings. The first-order valence-electron chi connectivity index (χ1n) is 5.76. The molecule has 0 fully saturated rings. The van der Waals surface area contributed by atoms with E-state index in [9.17, 15) is 4.79 Å². The van der Waals surface area contributed by atoms with Crippen molar-refractivity contribution in [3.05, 3.63) is 58.3 Å². The third-order valence-corrected chi connectivity index (χ3v) is 3.19. The summed E-state index contributed by atoms with van der Waals surface area (Å²) in [6.07, 6.45) is 3.47. The maximum absolute atomic E-state index is 11.0. The lowest BCUT2D eigenvalue weighted by Gasteiger charge is -2.16. The van der Waals surface area contributed by atoms with Crippen LogP contribution in [0.4, 0.5) is 5.69 Å².